The maximum Gasteiger partial charge on any atom is 0.326 e. The Balaban J connectivity index is 2.65. The Hall–Kier alpha value is -1.84. The summed E-state index contributed by atoms with van der Waals surface area (Å²) >= 11 is 2.01. The van der Waals surface area contributed by atoms with Gasteiger partial charge in [0.25, 0.3) is 0 Å². The molecule has 0 radical (unpaired) electrons. The topological polar surface area (TPSA) is 116 Å². The molecule has 0 saturated carbocycles. The highest BCUT2D eigenvalue weighted by atomic mass is 127. The van der Waals surface area contributed by atoms with Gasteiger partial charge < -0.3 is 20.8 Å². The number of hydrogen-bond donors (Lipinski definition) is 4. The molecular weight excluding hydrogens is 367 g/mol. The predicted octanol–water partition coefficient (Wildman–Crippen LogP) is 1.34. The second kappa shape index (κ2) is 6.92. The molecule has 1 atom stereocenters. The van der Waals surface area contributed by atoms with Crippen molar-refractivity contribution in [3.05, 3.63) is 27.8 Å². The number of rotatable bonds is 5. The fourth-order valence-electron chi connectivity index (χ4n) is 1.25. The van der Waals surface area contributed by atoms with Crippen molar-refractivity contribution >= 4 is 46.2 Å². The van der Waals surface area contributed by atoms with Gasteiger partial charge in [-0.05, 0) is 34.7 Å². The first-order valence-electron chi connectivity index (χ1n) is 5.17. The lowest BCUT2D eigenvalue weighted by atomic mass is 10.2. The molecule has 102 valence electrons. The number of halogens is 1. The first kappa shape index (κ1) is 15.2. The summed E-state index contributed by atoms with van der Waals surface area (Å²) in [6.45, 7) is 0. The highest BCUT2D eigenvalue weighted by molar-refractivity contribution is 14.1. The van der Waals surface area contributed by atoms with Crippen LogP contribution in [-0.4, -0.2) is 34.2 Å². The average molecular weight is 378 g/mol. The van der Waals surface area contributed by atoms with Crippen LogP contribution in [0.25, 0.3) is 0 Å². The lowest BCUT2D eigenvalue weighted by Crippen LogP contribution is -2.44. The molecule has 1 aromatic carbocycles. The van der Waals surface area contributed by atoms with Gasteiger partial charge in [-0.1, -0.05) is 12.1 Å². The van der Waals surface area contributed by atoms with Crippen molar-refractivity contribution in [3.8, 4) is 0 Å². The molecule has 8 heteroatoms. The van der Waals surface area contributed by atoms with Crippen molar-refractivity contribution in [1.29, 1.82) is 0 Å². The number of hydrogen-bond acceptors (Lipinski definition) is 3. The van der Waals surface area contributed by atoms with Crippen molar-refractivity contribution in [2.24, 2.45) is 0 Å². The SMILES string of the molecule is O=C(O)CC(NC(=O)Nc1ccccc1I)C(=O)O. The van der Waals surface area contributed by atoms with Crippen molar-refractivity contribution in [3.63, 3.8) is 0 Å². The third kappa shape index (κ3) is 5.12. The Morgan fingerprint density at radius 1 is 1.21 bits per heavy atom. The number of carboxylic acid groups (broad SMARTS) is 2. The minimum atomic E-state index is -1.47. The van der Waals surface area contributed by atoms with Crippen molar-refractivity contribution in [2.75, 3.05) is 5.32 Å². The van der Waals surface area contributed by atoms with Gasteiger partial charge in [-0.3, -0.25) is 4.79 Å². The number of urea groups is 1. The van der Waals surface area contributed by atoms with E-state index in [0.29, 0.717) is 5.69 Å². The van der Waals surface area contributed by atoms with Crippen LogP contribution >= 0.6 is 22.6 Å². The molecule has 0 bridgehead atoms. The third-order valence-corrected chi connectivity index (χ3v) is 3.04. The summed E-state index contributed by atoms with van der Waals surface area (Å²) in [4.78, 5) is 32.8. The summed E-state index contributed by atoms with van der Waals surface area (Å²) in [6, 6.07) is 4.67. The Labute approximate surface area is 122 Å². The fraction of sp³-hybridized carbons (Fsp3) is 0.182. The minimum Gasteiger partial charge on any atom is -0.481 e. The van der Waals surface area contributed by atoms with Gasteiger partial charge in [0.1, 0.15) is 6.04 Å². The summed E-state index contributed by atoms with van der Waals surface area (Å²) in [5, 5.41) is 21.9. The van der Waals surface area contributed by atoms with E-state index in [-0.39, 0.29) is 0 Å². The molecule has 0 aliphatic carbocycles. The van der Waals surface area contributed by atoms with Gasteiger partial charge in [-0.25, -0.2) is 9.59 Å². The van der Waals surface area contributed by atoms with E-state index in [2.05, 4.69) is 10.6 Å². The molecule has 0 fully saturated rings. The number of nitrogens with one attached hydrogen (secondary N) is 2. The number of para-hydroxylation sites is 1. The number of aliphatic carboxylic acids is 2. The van der Waals surface area contributed by atoms with E-state index in [9.17, 15) is 14.4 Å². The molecule has 7 nitrogen and oxygen atoms in total. The first-order valence-corrected chi connectivity index (χ1v) is 6.24. The largest absolute Gasteiger partial charge is 0.481 e. The molecule has 4 N–H and O–H groups in total. The van der Waals surface area contributed by atoms with Crippen LogP contribution in [-0.2, 0) is 9.59 Å². The van der Waals surface area contributed by atoms with E-state index in [0.717, 1.165) is 3.57 Å². The summed E-state index contributed by atoms with van der Waals surface area (Å²) in [6.07, 6.45) is -0.686. The number of amides is 2. The van der Waals surface area contributed by atoms with Crippen LogP contribution in [0.2, 0.25) is 0 Å². The van der Waals surface area contributed by atoms with Crippen LogP contribution in [0.15, 0.2) is 24.3 Å². The maximum absolute atomic E-state index is 11.6. The zero-order chi connectivity index (χ0) is 14.4. The van der Waals surface area contributed by atoms with Gasteiger partial charge in [-0.15, -0.1) is 0 Å². The normalized spacial score (nSPS) is 11.4. The number of carbonyl (C=O) groups is 3. The molecule has 19 heavy (non-hydrogen) atoms. The van der Waals surface area contributed by atoms with Gasteiger partial charge in [0.2, 0.25) is 0 Å². The molecule has 2 amide bonds. The van der Waals surface area contributed by atoms with Crippen molar-refractivity contribution in [1.82, 2.24) is 5.32 Å². The first-order chi connectivity index (χ1) is 8.90. The average Bonchev–Trinajstić information content (AvgIpc) is 2.30. The van der Waals surface area contributed by atoms with Crippen molar-refractivity contribution < 1.29 is 24.6 Å². The second-order valence-corrected chi connectivity index (χ2v) is 4.73. The molecule has 1 rings (SSSR count). The lowest BCUT2D eigenvalue weighted by molar-refractivity contribution is -0.145. The summed E-state index contributed by atoms with van der Waals surface area (Å²) in [5.74, 6) is -2.71. The van der Waals surface area contributed by atoms with Gasteiger partial charge in [0, 0.05) is 3.57 Å². The van der Waals surface area contributed by atoms with Crippen LogP contribution in [0.5, 0.6) is 0 Å². The van der Waals surface area contributed by atoms with E-state index in [1.54, 1.807) is 24.3 Å². The number of carbonyl (C=O) groups excluding carboxylic acids is 1. The predicted molar refractivity (Wildman–Crippen MR) is 75.0 cm³/mol. The quantitative estimate of drug-likeness (QED) is 0.578. The summed E-state index contributed by atoms with van der Waals surface area (Å²) in [7, 11) is 0. The Kier molecular flexibility index (Phi) is 5.55. The van der Waals surface area contributed by atoms with Crippen LogP contribution in [0, 0.1) is 3.57 Å². The molecule has 0 aliphatic heterocycles. The monoisotopic (exact) mass is 378 g/mol. The number of anilines is 1. The molecule has 0 spiro atoms. The second-order valence-electron chi connectivity index (χ2n) is 3.57. The third-order valence-electron chi connectivity index (χ3n) is 2.10. The fourth-order valence-corrected chi connectivity index (χ4v) is 1.78. The standard InChI is InChI=1S/C11H11IN2O5/c12-6-3-1-2-4-7(6)13-11(19)14-8(10(17)18)5-9(15)16/h1-4,8H,5H2,(H,15,16)(H,17,18)(H2,13,14,19). The molecule has 0 heterocycles. The van der Waals surface area contributed by atoms with Gasteiger partial charge >= 0.3 is 18.0 Å². The number of benzene rings is 1. The van der Waals surface area contributed by atoms with E-state index < -0.39 is 30.4 Å². The molecule has 1 aromatic rings. The maximum atomic E-state index is 11.6. The van der Waals surface area contributed by atoms with E-state index >= 15 is 0 Å². The number of carboxylic acids is 2. The Morgan fingerprint density at radius 3 is 2.37 bits per heavy atom. The summed E-state index contributed by atoms with van der Waals surface area (Å²) < 4.78 is 0.778. The van der Waals surface area contributed by atoms with Crippen LogP contribution in [0.3, 0.4) is 0 Å². The molecule has 1 unspecified atom stereocenters. The van der Waals surface area contributed by atoms with Crippen LogP contribution in [0.4, 0.5) is 10.5 Å². The van der Waals surface area contributed by atoms with Gasteiger partial charge in [0.05, 0.1) is 12.1 Å². The lowest BCUT2D eigenvalue weighted by Gasteiger charge is -2.13. The molecule has 0 aromatic heterocycles. The molecular formula is C11H11IN2O5. The van der Waals surface area contributed by atoms with E-state index in [4.69, 9.17) is 10.2 Å². The van der Waals surface area contributed by atoms with Crippen LogP contribution < -0.4 is 10.6 Å². The van der Waals surface area contributed by atoms with Gasteiger partial charge in [0.15, 0.2) is 0 Å². The highest BCUT2D eigenvalue weighted by Gasteiger charge is 2.23. The van der Waals surface area contributed by atoms with Crippen LogP contribution in [0.1, 0.15) is 6.42 Å². The molecule has 0 aliphatic rings. The Bertz CT molecular complexity index is 506. The molecule has 0 saturated heterocycles. The zero-order valence-electron chi connectivity index (χ0n) is 9.59. The summed E-state index contributed by atoms with van der Waals surface area (Å²) in [5.41, 5.74) is 0.514. The highest BCUT2D eigenvalue weighted by Crippen LogP contribution is 2.16. The smallest absolute Gasteiger partial charge is 0.326 e. The minimum absolute atomic E-state index is 0.514. The van der Waals surface area contributed by atoms with E-state index in [1.807, 2.05) is 22.6 Å². The Morgan fingerprint density at radius 2 is 1.84 bits per heavy atom. The van der Waals surface area contributed by atoms with Gasteiger partial charge in [-0.2, -0.15) is 0 Å². The zero-order valence-corrected chi connectivity index (χ0v) is 11.7. The van der Waals surface area contributed by atoms with Crippen molar-refractivity contribution in [2.45, 2.75) is 12.5 Å². The van der Waals surface area contributed by atoms with E-state index in [1.165, 1.54) is 0 Å².